The van der Waals surface area contributed by atoms with Crippen LogP contribution < -0.4 is 5.32 Å². The lowest BCUT2D eigenvalue weighted by Gasteiger charge is -2.16. The lowest BCUT2D eigenvalue weighted by Crippen LogP contribution is -2.22. The molecule has 4 heteroatoms. The summed E-state index contributed by atoms with van der Waals surface area (Å²) in [5.41, 5.74) is 1.27. The molecule has 0 spiro atoms. The predicted octanol–water partition coefficient (Wildman–Crippen LogP) is 1.59. The Morgan fingerprint density at radius 3 is 3.00 bits per heavy atom. The van der Waals surface area contributed by atoms with Gasteiger partial charge >= 0.3 is 0 Å². The Morgan fingerprint density at radius 2 is 2.31 bits per heavy atom. The van der Waals surface area contributed by atoms with E-state index in [-0.39, 0.29) is 0 Å². The van der Waals surface area contributed by atoms with Gasteiger partial charge in [0.15, 0.2) is 0 Å². The number of rotatable bonds is 7. The van der Waals surface area contributed by atoms with Crippen LogP contribution in [0.1, 0.15) is 12.5 Å². The Hall–Kier alpha value is -1.13. The normalized spacial score (nSPS) is 10.8. The molecule has 0 aliphatic carbocycles. The molecule has 0 aliphatic heterocycles. The van der Waals surface area contributed by atoms with E-state index in [1.165, 1.54) is 5.56 Å². The van der Waals surface area contributed by atoms with Crippen molar-refractivity contribution in [1.29, 1.82) is 0 Å². The van der Waals surface area contributed by atoms with Crippen LogP contribution in [0.5, 0.6) is 0 Å². The molecule has 0 radical (unpaired) electrons. The van der Waals surface area contributed by atoms with Crippen molar-refractivity contribution in [3.63, 3.8) is 0 Å². The number of nitrogens with zero attached hydrogens (tertiary/aromatic N) is 2. The van der Waals surface area contributed by atoms with Crippen molar-refractivity contribution >= 4 is 5.82 Å². The van der Waals surface area contributed by atoms with E-state index in [0.717, 1.165) is 32.1 Å². The smallest absolute Gasteiger partial charge is 0.126 e. The van der Waals surface area contributed by atoms with Gasteiger partial charge < -0.3 is 10.1 Å². The van der Waals surface area contributed by atoms with E-state index in [1.807, 2.05) is 12.3 Å². The summed E-state index contributed by atoms with van der Waals surface area (Å²) in [5, 5.41) is 3.21. The Kier molecular flexibility index (Phi) is 5.82. The molecular weight excluding hydrogens is 202 g/mol. The number of likely N-dealkylation sites (N-methyl/N-ethyl adjacent to an activating group) is 1. The number of pyridine rings is 1. The minimum absolute atomic E-state index is 0.766. The average Bonchev–Trinajstić information content (AvgIpc) is 2.27. The van der Waals surface area contributed by atoms with Crippen molar-refractivity contribution < 1.29 is 4.74 Å². The molecule has 4 nitrogen and oxygen atoms in total. The third kappa shape index (κ3) is 4.59. The van der Waals surface area contributed by atoms with Crippen LogP contribution in [-0.4, -0.2) is 43.7 Å². The first-order valence-corrected chi connectivity index (χ1v) is 5.62. The molecule has 0 aromatic carbocycles. The van der Waals surface area contributed by atoms with Crippen LogP contribution in [0.15, 0.2) is 18.3 Å². The second kappa shape index (κ2) is 7.19. The second-order valence-electron chi connectivity index (χ2n) is 3.81. The molecule has 1 N–H and O–H groups in total. The largest absolute Gasteiger partial charge is 0.383 e. The molecule has 0 fully saturated rings. The number of hydrogen-bond acceptors (Lipinski definition) is 4. The van der Waals surface area contributed by atoms with Crippen molar-refractivity contribution in [2.45, 2.75) is 13.5 Å². The van der Waals surface area contributed by atoms with Gasteiger partial charge in [0.25, 0.3) is 0 Å². The molecule has 1 rings (SSSR count). The van der Waals surface area contributed by atoms with E-state index < -0.39 is 0 Å². The van der Waals surface area contributed by atoms with Gasteiger partial charge in [-0.25, -0.2) is 4.98 Å². The predicted molar refractivity (Wildman–Crippen MR) is 66.6 cm³/mol. The van der Waals surface area contributed by atoms with Crippen LogP contribution >= 0.6 is 0 Å². The lowest BCUT2D eigenvalue weighted by molar-refractivity contribution is 0.158. The molecule has 0 atom stereocenters. The zero-order valence-corrected chi connectivity index (χ0v) is 10.4. The zero-order valence-electron chi connectivity index (χ0n) is 10.4. The fraction of sp³-hybridized carbons (Fsp3) is 0.583. The van der Waals surface area contributed by atoms with Gasteiger partial charge in [-0.2, -0.15) is 0 Å². The van der Waals surface area contributed by atoms with Crippen molar-refractivity contribution in [3.05, 3.63) is 23.9 Å². The van der Waals surface area contributed by atoms with E-state index in [2.05, 4.69) is 35.2 Å². The van der Waals surface area contributed by atoms with E-state index >= 15 is 0 Å². The highest BCUT2D eigenvalue weighted by Gasteiger charge is 2.01. The van der Waals surface area contributed by atoms with Crippen molar-refractivity contribution in [2.24, 2.45) is 0 Å². The number of hydrogen-bond donors (Lipinski definition) is 1. The summed E-state index contributed by atoms with van der Waals surface area (Å²) in [4.78, 5) is 6.47. The lowest BCUT2D eigenvalue weighted by atomic mass is 10.2. The van der Waals surface area contributed by atoms with E-state index in [1.54, 1.807) is 7.11 Å². The Balaban J connectivity index is 2.49. The van der Waals surface area contributed by atoms with Gasteiger partial charge in [0, 0.05) is 32.9 Å². The molecular formula is C12H21N3O. The number of nitrogens with one attached hydrogen (secondary N) is 1. The van der Waals surface area contributed by atoms with E-state index in [9.17, 15) is 0 Å². The molecule has 1 aromatic heterocycles. The summed E-state index contributed by atoms with van der Waals surface area (Å²) in [6.07, 6.45) is 1.84. The topological polar surface area (TPSA) is 37.4 Å². The van der Waals surface area contributed by atoms with Gasteiger partial charge in [0.05, 0.1) is 6.61 Å². The van der Waals surface area contributed by atoms with Gasteiger partial charge in [-0.15, -0.1) is 0 Å². The number of ether oxygens (including phenoxy) is 1. The van der Waals surface area contributed by atoms with Gasteiger partial charge in [-0.3, -0.25) is 4.90 Å². The fourth-order valence-corrected chi connectivity index (χ4v) is 1.49. The van der Waals surface area contributed by atoms with Crippen LogP contribution in [0.2, 0.25) is 0 Å². The van der Waals surface area contributed by atoms with Crippen molar-refractivity contribution in [3.8, 4) is 0 Å². The zero-order chi connectivity index (χ0) is 11.8. The van der Waals surface area contributed by atoms with Crippen molar-refractivity contribution in [1.82, 2.24) is 9.88 Å². The van der Waals surface area contributed by atoms with Crippen LogP contribution in [-0.2, 0) is 11.3 Å². The van der Waals surface area contributed by atoms with Gasteiger partial charge in [-0.05, 0) is 31.7 Å². The molecule has 1 heterocycles. The minimum Gasteiger partial charge on any atom is -0.383 e. The maximum absolute atomic E-state index is 5.05. The maximum atomic E-state index is 5.05. The Bertz CT molecular complexity index is 304. The molecule has 16 heavy (non-hydrogen) atoms. The summed E-state index contributed by atoms with van der Waals surface area (Å²) in [5.74, 6) is 0.945. The average molecular weight is 223 g/mol. The number of aromatic nitrogens is 1. The summed E-state index contributed by atoms with van der Waals surface area (Å²) in [6, 6.07) is 4.14. The van der Waals surface area contributed by atoms with Gasteiger partial charge in [-0.1, -0.05) is 0 Å². The van der Waals surface area contributed by atoms with Crippen LogP contribution in [0, 0.1) is 0 Å². The minimum atomic E-state index is 0.766. The highest BCUT2D eigenvalue weighted by atomic mass is 16.5. The molecule has 90 valence electrons. The van der Waals surface area contributed by atoms with Gasteiger partial charge in [0.2, 0.25) is 0 Å². The first-order chi connectivity index (χ1) is 7.76. The highest BCUT2D eigenvalue weighted by Crippen LogP contribution is 2.08. The maximum Gasteiger partial charge on any atom is 0.126 e. The van der Waals surface area contributed by atoms with E-state index in [0.29, 0.717) is 0 Å². The first-order valence-electron chi connectivity index (χ1n) is 5.62. The summed E-state index contributed by atoms with van der Waals surface area (Å²) in [6.45, 7) is 5.59. The SMILES string of the molecule is CCNc1cc(CN(C)CCOC)ccn1. The molecule has 0 aliphatic rings. The van der Waals surface area contributed by atoms with Crippen molar-refractivity contribution in [2.75, 3.05) is 39.2 Å². The fourth-order valence-electron chi connectivity index (χ4n) is 1.49. The summed E-state index contributed by atoms with van der Waals surface area (Å²) in [7, 11) is 3.82. The highest BCUT2D eigenvalue weighted by molar-refractivity contribution is 5.37. The quantitative estimate of drug-likeness (QED) is 0.761. The summed E-state index contributed by atoms with van der Waals surface area (Å²) < 4.78 is 5.05. The molecule has 0 amide bonds. The van der Waals surface area contributed by atoms with Crippen LogP contribution in [0.4, 0.5) is 5.82 Å². The third-order valence-electron chi connectivity index (χ3n) is 2.31. The second-order valence-corrected chi connectivity index (χ2v) is 3.81. The monoisotopic (exact) mass is 223 g/mol. The Morgan fingerprint density at radius 1 is 1.50 bits per heavy atom. The standard InChI is InChI=1S/C12H21N3O/c1-4-13-12-9-11(5-6-14-12)10-15(2)7-8-16-3/h5-6,9H,4,7-8,10H2,1-3H3,(H,13,14). The number of anilines is 1. The molecule has 0 unspecified atom stereocenters. The molecule has 0 saturated carbocycles. The Labute approximate surface area is 97.6 Å². The molecule has 1 aromatic rings. The molecule has 0 bridgehead atoms. The molecule has 0 saturated heterocycles. The van der Waals surface area contributed by atoms with Crippen LogP contribution in [0.3, 0.4) is 0 Å². The third-order valence-corrected chi connectivity index (χ3v) is 2.31. The van der Waals surface area contributed by atoms with E-state index in [4.69, 9.17) is 4.74 Å². The number of methoxy groups -OCH3 is 1. The van der Waals surface area contributed by atoms with Crippen LogP contribution in [0.25, 0.3) is 0 Å². The first kappa shape index (κ1) is 12.9. The summed E-state index contributed by atoms with van der Waals surface area (Å²) >= 11 is 0. The van der Waals surface area contributed by atoms with Gasteiger partial charge in [0.1, 0.15) is 5.82 Å².